The van der Waals surface area contributed by atoms with Crippen molar-refractivity contribution in [3.05, 3.63) is 24.3 Å². The number of hydrogen-bond acceptors (Lipinski definition) is 5. The Bertz CT molecular complexity index is 783. The topological polar surface area (TPSA) is 118 Å². The van der Waals surface area contributed by atoms with Gasteiger partial charge in [-0.25, -0.2) is 26.3 Å². The first kappa shape index (κ1) is 19.3. The molecule has 1 aliphatic carbocycles. The summed E-state index contributed by atoms with van der Waals surface area (Å²) in [6.45, 7) is 3.89. The van der Waals surface area contributed by atoms with E-state index in [1.807, 2.05) is 13.8 Å². The van der Waals surface area contributed by atoms with Gasteiger partial charge in [-0.3, -0.25) is 0 Å². The van der Waals surface area contributed by atoms with Gasteiger partial charge < -0.3 is 5.73 Å². The highest BCUT2D eigenvalue weighted by molar-refractivity contribution is 7.90. The van der Waals surface area contributed by atoms with Crippen LogP contribution in [0.2, 0.25) is 0 Å². The molecule has 2 rings (SSSR count). The van der Waals surface area contributed by atoms with Crippen molar-refractivity contribution in [1.82, 2.24) is 9.44 Å². The Morgan fingerprint density at radius 2 is 1.62 bits per heavy atom. The monoisotopic (exact) mass is 375 g/mol. The highest BCUT2D eigenvalue weighted by atomic mass is 32.2. The molecule has 9 heteroatoms. The minimum absolute atomic E-state index is 0.0413. The molecule has 1 aromatic carbocycles. The lowest BCUT2D eigenvalue weighted by Crippen LogP contribution is -2.49. The number of nitrogens with one attached hydrogen (secondary N) is 2. The molecule has 0 atom stereocenters. The molecule has 24 heavy (non-hydrogen) atoms. The Kier molecular flexibility index (Phi) is 5.71. The summed E-state index contributed by atoms with van der Waals surface area (Å²) < 4.78 is 54.4. The first-order chi connectivity index (χ1) is 11.1. The Hall–Kier alpha value is -1.00. The van der Waals surface area contributed by atoms with Gasteiger partial charge in [-0.15, -0.1) is 0 Å². The van der Waals surface area contributed by atoms with Gasteiger partial charge in [0.05, 0.1) is 9.79 Å². The SMILES string of the molecule is CCC(N)(CC)CNS(=O)(=O)c1cccc(S(=O)(=O)NC2CC2)c1. The second-order valence-corrected chi connectivity index (χ2v) is 9.75. The molecule has 0 aromatic heterocycles. The van der Waals surface area contributed by atoms with Crippen LogP contribution in [0.15, 0.2) is 34.1 Å². The van der Waals surface area contributed by atoms with Crippen molar-refractivity contribution >= 4 is 20.0 Å². The van der Waals surface area contributed by atoms with Crippen molar-refractivity contribution in [2.24, 2.45) is 5.73 Å². The van der Waals surface area contributed by atoms with Gasteiger partial charge in [0.2, 0.25) is 20.0 Å². The van der Waals surface area contributed by atoms with E-state index in [9.17, 15) is 16.8 Å². The lowest BCUT2D eigenvalue weighted by Gasteiger charge is -2.26. The fourth-order valence-corrected chi connectivity index (χ4v) is 4.73. The molecule has 1 aromatic rings. The van der Waals surface area contributed by atoms with E-state index in [0.29, 0.717) is 12.8 Å². The largest absolute Gasteiger partial charge is 0.324 e. The van der Waals surface area contributed by atoms with E-state index < -0.39 is 25.6 Å². The molecule has 0 radical (unpaired) electrons. The number of nitrogens with two attached hydrogens (primary N) is 1. The van der Waals surface area contributed by atoms with Crippen LogP contribution in [-0.2, 0) is 20.0 Å². The van der Waals surface area contributed by atoms with Gasteiger partial charge in [0, 0.05) is 18.1 Å². The smallest absolute Gasteiger partial charge is 0.240 e. The molecule has 4 N–H and O–H groups in total. The van der Waals surface area contributed by atoms with Gasteiger partial charge in [0.15, 0.2) is 0 Å². The highest BCUT2D eigenvalue weighted by Gasteiger charge is 2.29. The maximum atomic E-state index is 12.4. The molecule has 1 saturated carbocycles. The van der Waals surface area contributed by atoms with Crippen LogP contribution in [0.4, 0.5) is 0 Å². The fourth-order valence-electron chi connectivity index (χ4n) is 2.12. The van der Waals surface area contributed by atoms with Crippen molar-refractivity contribution in [1.29, 1.82) is 0 Å². The number of rotatable bonds is 9. The van der Waals surface area contributed by atoms with Crippen molar-refractivity contribution in [3.8, 4) is 0 Å². The van der Waals surface area contributed by atoms with E-state index in [4.69, 9.17) is 5.73 Å². The van der Waals surface area contributed by atoms with Gasteiger partial charge in [0.1, 0.15) is 0 Å². The summed E-state index contributed by atoms with van der Waals surface area (Å²) in [6.07, 6.45) is 2.88. The third-order valence-electron chi connectivity index (χ3n) is 4.35. The summed E-state index contributed by atoms with van der Waals surface area (Å²) in [5.74, 6) is 0. The van der Waals surface area contributed by atoms with Gasteiger partial charge in [-0.1, -0.05) is 19.9 Å². The molecule has 0 heterocycles. The van der Waals surface area contributed by atoms with Crippen molar-refractivity contribution in [3.63, 3.8) is 0 Å². The van der Waals surface area contributed by atoms with E-state index in [-0.39, 0.29) is 22.4 Å². The van der Waals surface area contributed by atoms with Crippen LogP contribution in [0.25, 0.3) is 0 Å². The number of benzene rings is 1. The maximum Gasteiger partial charge on any atom is 0.240 e. The van der Waals surface area contributed by atoms with Crippen LogP contribution in [0.1, 0.15) is 39.5 Å². The van der Waals surface area contributed by atoms with Crippen LogP contribution >= 0.6 is 0 Å². The molecule has 136 valence electrons. The van der Waals surface area contributed by atoms with E-state index in [0.717, 1.165) is 12.8 Å². The quantitative estimate of drug-likeness (QED) is 0.593. The normalized spacial score (nSPS) is 16.3. The minimum atomic E-state index is -3.83. The molecule has 0 aliphatic heterocycles. The van der Waals surface area contributed by atoms with Crippen molar-refractivity contribution < 1.29 is 16.8 Å². The second kappa shape index (κ2) is 7.09. The minimum Gasteiger partial charge on any atom is -0.324 e. The maximum absolute atomic E-state index is 12.4. The zero-order chi connectivity index (χ0) is 18.0. The highest BCUT2D eigenvalue weighted by Crippen LogP contribution is 2.23. The Labute approximate surface area is 144 Å². The molecule has 0 saturated heterocycles. The third kappa shape index (κ3) is 4.76. The lowest BCUT2D eigenvalue weighted by atomic mass is 9.95. The Balaban J connectivity index is 2.20. The summed E-state index contributed by atoms with van der Waals surface area (Å²) in [5.41, 5.74) is 5.49. The number of sulfonamides is 2. The van der Waals surface area contributed by atoms with Gasteiger partial charge in [0.25, 0.3) is 0 Å². The van der Waals surface area contributed by atoms with Gasteiger partial charge in [-0.2, -0.15) is 0 Å². The summed E-state index contributed by atoms with van der Waals surface area (Å²) >= 11 is 0. The van der Waals surface area contributed by atoms with Crippen molar-refractivity contribution in [2.75, 3.05) is 6.54 Å². The average Bonchev–Trinajstić information content (AvgIpc) is 3.36. The summed E-state index contributed by atoms with van der Waals surface area (Å²) in [7, 11) is -7.53. The first-order valence-electron chi connectivity index (χ1n) is 8.03. The summed E-state index contributed by atoms with van der Waals surface area (Å²) in [4.78, 5) is -0.141. The van der Waals surface area contributed by atoms with Crippen LogP contribution in [-0.4, -0.2) is 35.0 Å². The molecular weight excluding hydrogens is 350 g/mol. The molecule has 0 unspecified atom stereocenters. The fraction of sp³-hybridized carbons (Fsp3) is 0.600. The average molecular weight is 376 g/mol. The number of hydrogen-bond donors (Lipinski definition) is 3. The lowest BCUT2D eigenvalue weighted by molar-refractivity contribution is 0.391. The Morgan fingerprint density at radius 1 is 1.08 bits per heavy atom. The van der Waals surface area contributed by atoms with E-state index in [2.05, 4.69) is 9.44 Å². The van der Waals surface area contributed by atoms with E-state index in [1.54, 1.807) is 0 Å². The van der Waals surface area contributed by atoms with Crippen LogP contribution < -0.4 is 15.2 Å². The molecule has 1 fully saturated rings. The zero-order valence-corrected chi connectivity index (χ0v) is 15.6. The third-order valence-corrected chi connectivity index (χ3v) is 7.26. The van der Waals surface area contributed by atoms with Crippen molar-refractivity contribution in [2.45, 2.75) is 60.9 Å². The summed E-state index contributed by atoms with van der Waals surface area (Å²) in [5, 5.41) is 0. The first-order valence-corrected chi connectivity index (χ1v) is 11.0. The van der Waals surface area contributed by atoms with E-state index >= 15 is 0 Å². The predicted molar refractivity (Wildman–Crippen MR) is 92.5 cm³/mol. The van der Waals surface area contributed by atoms with Gasteiger partial charge in [-0.05, 0) is 43.9 Å². The van der Waals surface area contributed by atoms with Crippen LogP contribution in [0.3, 0.4) is 0 Å². The van der Waals surface area contributed by atoms with E-state index in [1.165, 1.54) is 24.3 Å². The van der Waals surface area contributed by atoms with Gasteiger partial charge >= 0.3 is 0 Å². The second-order valence-electron chi connectivity index (χ2n) is 6.26. The molecule has 0 bridgehead atoms. The predicted octanol–water partition coefficient (Wildman–Crippen LogP) is 0.923. The molecule has 1 aliphatic rings. The van der Waals surface area contributed by atoms with Crippen LogP contribution in [0.5, 0.6) is 0 Å². The standard InChI is InChI=1S/C15H25N3O4S2/c1-3-15(16,4-2)11-17-23(19,20)13-6-5-7-14(10-13)24(21,22)18-12-8-9-12/h5-7,10,12,17-18H,3-4,8-9,11,16H2,1-2H3. The molecule has 7 nitrogen and oxygen atoms in total. The zero-order valence-electron chi connectivity index (χ0n) is 13.9. The molecule has 0 spiro atoms. The molecular formula is C15H25N3O4S2. The summed E-state index contributed by atoms with van der Waals surface area (Å²) in [6, 6.07) is 5.30. The van der Waals surface area contributed by atoms with Crippen LogP contribution in [0, 0.1) is 0 Å². The Morgan fingerprint density at radius 3 is 2.12 bits per heavy atom. The molecule has 0 amide bonds.